The molecule has 3 rings (SSSR count). The van der Waals surface area contributed by atoms with E-state index in [-0.39, 0.29) is 18.2 Å². The Bertz CT molecular complexity index is 895. The van der Waals surface area contributed by atoms with Crippen LogP contribution in [0, 0.1) is 12.8 Å². The number of hydrogen-bond acceptors (Lipinski definition) is 4. The van der Waals surface area contributed by atoms with Crippen molar-refractivity contribution in [3.05, 3.63) is 68.0 Å². The van der Waals surface area contributed by atoms with Gasteiger partial charge in [-0.15, -0.1) is 0 Å². The summed E-state index contributed by atoms with van der Waals surface area (Å²) >= 11 is 0. The Labute approximate surface area is 157 Å². The van der Waals surface area contributed by atoms with Gasteiger partial charge in [-0.25, -0.2) is 4.79 Å². The zero-order valence-electron chi connectivity index (χ0n) is 15.4. The lowest BCUT2D eigenvalue weighted by Gasteiger charge is -2.34. The summed E-state index contributed by atoms with van der Waals surface area (Å²) in [6.45, 7) is 2.87. The van der Waals surface area contributed by atoms with Crippen molar-refractivity contribution in [2.75, 3.05) is 13.1 Å². The van der Waals surface area contributed by atoms with Gasteiger partial charge in [0, 0.05) is 30.8 Å². The molecule has 1 aliphatic heterocycles. The number of amides is 1. The van der Waals surface area contributed by atoms with Crippen molar-refractivity contribution in [3.8, 4) is 0 Å². The molecule has 27 heavy (non-hydrogen) atoms. The molecule has 0 saturated carbocycles. The number of H-pyrrole nitrogens is 2. The van der Waals surface area contributed by atoms with Gasteiger partial charge in [-0.1, -0.05) is 30.3 Å². The van der Waals surface area contributed by atoms with Gasteiger partial charge >= 0.3 is 5.69 Å². The molecule has 0 radical (unpaired) electrons. The number of rotatable bonds is 5. The molecule has 1 saturated heterocycles. The highest BCUT2D eigenvalue weighted by Gasteiger charge is 2.28. The maximum atomic E-state index is 12.5. The molecule has 144 valence electrons. The topological polar surface area (TPSA) is 106 Å². The van der Waals surface area contributed by atoms with E-state index in [1.807, 2.05) is 30.3 Å². The van der Waals surface area contributed by atoms with Crippen LogP contribution in [-0.4, -0.2) is 39.0 Å². The molecule has 1 aromatic carbocycles. The zero-order valence-corrected chi connectivity index (χ0v) is 15.4. The first-order chi connectivity index (χ1) is 13.0. The predicted octanol–water partition coefficient (Wildman–Crippen LogP) is 1.28. The SMILES string of the molecule is Cc1[nH]c(=O)[nH]c(=O)c1CCC(=O)N1CCC(C(O)c2ccccc2)CC1. The Balaban J connectivity index is 1.53. The third kappa shape index (κ3) is 4.54. The summed E-state index contributed by atoms with van der Waals surface area (Å²) in [5.74, 6) is 0.133. The molecular weight excluding hydrogens is 346 g/mol. The van der Waals surface area contributed by atoms with E-state index in [0.717, 1.165) is 18.4 Å². The summed E-state index contributed by atoms with van der Waals surface area (Å²) in [4.78, 5) is 42.1. The minimum absolute atomic E-state index is 0.00680. The summed E-state index contributed by atoms with van der Waals surface area (Å²) in [6, 6.07) is 9.60. The number of carbonyl (C=O) groups excluding carboxylic acids is 1. The number of piperidine rings is 1. The molecule has 0 aliphatic carbocycles. The van der Waals surface area contributed by atoms with Crippen molar-refractivity contribution in [2.45, 2.75) is 38.7 Å². The van der Waals surface area contributed by atoms with Gasteiger partial charge in [0.15, 0.2) is 0 Å². The number of nitrogens with zero attached hydrogens (tertiary/aromatic N) is 1. The molecule has 3 N–H and O–H groups in total. The molecule has 1 aliphatic rings. The third-order valence-electron chi connectivity index (χ3n) is 5.32. The fourth-order valence-electron chi connectivity index (χ4n) is 3.70. The fourth-order valence-corrected chi connectivity index (χ4v) is 3.70. The van der Waals surface area contributed by atoms with Crippen LogP contribution < -0.4 is 11.2 Å². The summed E-state index contributed by atoms with van der Waals surface area (Å²) < 4.78 is 0. The number of aromatic amines is 2. The number of hydrogen-bond donors (Lipinski definition) is 3. The van der Waals surface area contributed by atoms with E-state index in [9.17, 15) is 19.5 Å². The number of aryl methyl sites for hydroxylation is 1. The minimum atomic E-state index is -0.536. The number of aromatic nitrogens is 2. The number of aliphatic hydroxyl groups is 1. The lowest BCUT2D eigenvalue weighted by Crippen LogP contribution is -2.40. The molecule has 1 aromatic heterocycles. The Morgan fingerprint density at radius 3 is 2.48 bits per heavy atom. The minimum Gasteiger partial charge on any atom is -0.388 e. The van der Waals surface area contributed by atoms with Crippen LogP contribution in [0.4, 0.5) is 0 Å². The first-order valence-electron chi connectivity index (χ1n) is 9.28. The van der Waals surface area contributed by atoms with E-state index in [1.54, 1.807) is 11.8 Å². The Morgan fingerprint density at radius 2 is 1.85 bits per heavy atom. The lowest BCUT2D eigenvalue weighted by atomic mass is 9.87. The van der Waals surface area contributed by atoms with E-state index in [2.05, 4.69) is 9.97 Å². The first kappa shape index (κ1) is 19.1. The summed E-state index contributed by atoms with van der Waals surface area (Å²) in [5.41, 5.74) is 0.883. The van der Waals surface area contributed by atoms with Crippen LogP contribution in [0.5, 0.6) is 0 Å². The maximum Gasteiger partial charge on any atom is 0.325 e. The summed E-state index contributed by atoms with van der Waals surface area (Å²) in [5, 5.41) is 10.5. The van der Waals surface area contributed by atoms with Crippen molar-refractivity contribution in [2.24, 2.45) is 5.92 Å². The van der Waals surface area contributed by atoms with E-state index < -0.39 is 17.4 Å². The van der Waals surface area contributed by atoms with Gasteiger partial charge in [-0.2, -0.15) is 0 Å². The number of likely N-dealkylation sites (tertiary alicyclic amines) is 1. The third-order valence-corrected chi connectivity index (χ3v) is 5.32. The van der Waals surface area contributed by atoms with Gasteiger partial charge < -0.3 is 15.0 Å². The molecule has 1 amide bonds. The maximum absolute atomic E-state index is 12.5. The van der Waals surface area contributed by atoms with Crippen molar-refractivity contribution in [1.82, 2.24) is 14.9 Å². The van der Waals surface area contributed by atoms with Crippen LogP contribution in [0.25, 0.3) is 0 Å². The second-order valence-corrected chi connectivity index (χ2v) is 7.09. The number of benzene rings is 1. The standard InChI is InChI=1S/C20H25N3O4/c1-13-16(19(26)22-20(27)21-13)7-8-17(24)23-11-9-15(10-12-23)18(25)14-5-3-2-4-6-14/h2-6,15,18,25H,7-12H2,1H3,(H2,21,22,26,27). The molecule has 1 atom stereocenters. The Hall–Kier alpha value is -2.67. The van der Waals surface area contributed by atoms with Gasteiger partial charge in [0.25, 0.3) is 5.56 Å². The highest BCUT2D eigenvalue weighted by atomic mass is 16.3. The Kier molecular flexibility index (Phi) is 5.91. The van der Waals surface area contributed by atoms with Gasteiger partial charge in [-0.3, -0.25) is 14.6 Å². The van der Waals surface area contributed by atoms with Gasteiger partial charge in [0.2, 0.25) is 5.91 Å². The van der Waals surface area contributed by atoms with E-state index in [1.165, 1.54) is 0 Å². The summed E-state index contributed by atoms with van der Waals surface area (Å²) in [6.07, 6.45) is 1.51. The molecule has 1 fully saturated rings. The van der Waals surface area contributed by atoms with Crippen LogP contribution in [0.3, 0.4) is 0 Å². The normalized spacial score (nSPS) is 16.3. The average molecular weight is 371 g/mol. The van der Waals surface area contributed by atoms with Crippen LogP contribution in [-0.2, 0) is 11.2 Å². The van der Waals surface area contributed by atoms with Crippen LogP contribution in [0.15, 0.2) is 39.9 Å². The van der Waals surface area contributed by atoms with Gasteiger partial charge in [0.1, 0.15) is 0 Å². The number of nitrogens with one attached hydrogen (secondary N) is 2. The van der Waals surface area contributed by atoms with E-state index >= 15 is 0 Å². The molecule has 7 heteroatoms. The molecular formula is C20H25N3O4. The second kappa shape index (κ2) is 8.35. The fraction of sp³-hybridized carbons (Fsp3) is 0.450. The number of carbonyl (C=O) groups is 1. The lowest BCUT2D eigenvalue weighted by molar-refractivity contribution is -0.133. The van der Waals surface area contributed by atoms with Crippen molar-refractivity contribution >= 4 is 5.91 Å². The van der Waals surface area contributed by atoms with Crippen molar-refractivity contribution in [1.29, 1.82) is 0 Å². The molecule has 0 spiro atoms. The quantitative estimate of drug-likeness (QED) is 0.736. The first-order valence-corrected chi connectivity index (χ1v) is 9.28. The van der Waals surface area contributed by atoms with Gasteiger partial charge in [0.05, 0.1) is 6.10 Å². The monoisotopic (exact) mass is 371 g/mol. The predicted molar refractivity (Wildman–Crippen MR) is 101 cm³/mol. The van der Waals surface area contributed by atoms with Crippen LogP contribution >= 0.6 is 0 Å². The summed E-state index contributed by atoms with van der Waals surface area (Å²) in [7, 11) is 0. The Morgan fingerprint density at radius 1 is 1.19 bits per heavy atom. The largest absolute Gasteiger partial charge is 0.388 e. The zero-order chi connectivity index (χ0) is 19.4. The smallest absolute Gasteiger partial charge is 0.325 e. The van der Waals surface area contributed by atoms with Crippen LogP contribution in [0.2, 0.25) is 0 Å². The highest BCUT2D eigenvalue weighted by Crippen LogP contribution is 2.30. The van der Waals surface area contributed by atoms with Crippen molar-refractivity contribution in [3.63, 3.8) is 0 Å². The molecule has 7 nitrogen and oxygen atoms in total. The van der Waals surface area contributed by atoms with Crippen molar-refractivity contribution < 1.29 is 9.90 Å². The van der Waals surface area contributed by atoms with Crippen LogP contribution in [0.1, 0.15) is 42.2 Å². The molecule has 1 unspecified atom stereocenters. The van der Waals surface area contributed by atoms with Gasteiger partial charge in [-0.05, 0) is 37.7 Å². The highest BCUT2D eigenvalue weighted by molar-refractivity contribution is 5.76. The second-order valence-electron chi connectivity index (χ2n) is 7.09. The molecule has 2 aromatic rings. The number of aliphatic hydroxyl groups excluding tert-OH is 1. The average Bonchev–Trinajstić information content (AvgIpc) is 2.67. The van der Waals surface area contributed by atoms with E-state index in [4.69, 9.17) is 0 Å². The van der Waals surface area contributed by atoms with E-state index in [0.29, 0.717) is 30.8 Å². The molecule has 2 heterocycles. The molecule has 0 bridgehead atoms.